The van der Waals surface area contributed by atoms with Crippen LogP contribution in [-0.4, -0.2) is 42.6 Å². The average Bonchev–Trinajstić information content (AvgIpc) is 2.40. The van der Waals surface area contributed by atoms with E-state index in [-0.39, 0.29) is 12.3 Å². The molecule has 1 saturated heterocycles. The van der Waals surface area contributed by atoms with Crippen molar-refractivity contribution in [3.8, 4) is 0 Å². The molecule has 0 bridgehead atoms. The molecule has 0 aromatic carbocycles. The Morgan fingerprint density at radius 2 is 2.21 bits per heavy atom. The quantitative estimate of drug-likeness (QED) is 0.732. The van der Waals surface area contributed by atoms with Gasteiger partial charge in [0.15, 0.2) is 0 Å². The van der Waals surface area contributed by atoms with Crippen LogP contribution in [0.2, 0.25) is 0 Å². The van der Waals surface area contributed by atoms with Gasteiger partial charge in [-0.15, -0.1) is 0 Å². The fourth-order valence-electron chi connectivity index (χ4n) is 1.52. The Kier molecular flexibility index (Phi) is 3.49. The number of carbonyl (C=O) groups is 1. The van der Waals surface area contributed by atoms with E-state index in [1.807, 2.05) is 0 Å². The number of aliphatic carboxylic acids is 1. The second-order valence-corrected chi connectivity index (χ2v) is 5.56. The zero-order chi connectivity index (χ0) is 10.8. The Bertz CT molecular complexity index is 311. The molecule has 1 rings (SSSR count). The van der Waals surface area contributed by atoms with Crippen LogP contribution in [0, 0.1) is 5.92 Å². The molecule has 14 heavy (non-hydrogen) atoms. The summed E-state index contributed by atoms with van der Waals surface area (Å²) in [4.78, 5) is 10.7. The van der Waals surface area contributed by atoms with Crippen LogP contribution in [0.5, 0.6) is 0 Å². The topological polar surface area (TPSA) is 74.7 Å². The van der Waals surface area contributed by atoms with Gasteiger partial charge in [0, 0.05) is 13.1 Å². The molecule has 82 valence electrons. The van der Waals surface area contributed by atoms with Crippen molar-refractivity contribution < 1.29 is 18.3 Å². The van der Waals surface area contributed by atoms with Gasteiger partial charge in [-0.3, -0.25) is 4.79 Å². The van der Waals surface area contributed by atoms with Crippen molar-refractivity contribution in [1.29, 1.82) is 0 Å². The zero-order valence-electron chi connectivity index (χ0n) is 8.14. The number of carboxylic acid groups (broad SMARTS) is 1. The van der Waals surface area contributed by atoms with Gasteiger partial charge < -0.3 is 5.11 Å². The second kappa shape index (κ2) is 4.27. The molecule has 0 aromatic heterocycles. The molecule has 0 spiro atoms. The van der Waals surface area contributed by atoms with Gasteiger partial charge in [-0.1, -0.05) is 6.92 Å². The fraction of sp³-hybridized carbons (Fsp3) is 0.875. The molecule has 1 aliphatic heterocycles. The predicted molar refractivity (Wildman–Crippen MR) is 51.4 cm³/mol. The molecule has 1 unspecified atom stereocenters. The van der Waals surface area contributed by atoms with E-state index in [1.165, 1.54) is 4.31 Å². The lowest BCUT2D eigenvalue weighted by molar-refractivity contribution is -0.142. The third-order valence-corrected chi connectivity index (χ3v) is 4.39. The number of hydrogen-bond acceptors (Lipinski definition) is 3. The normalized spacial score (nSPS) is 23.5. The summed E-state index contributed by atoms with van der Waals surface area (Å²) in [6, 6.07) is 0. The van der Waals surface area contributed by atoms with Crippen molar-refractivity contribution in [1.82, 2.24) is 4.31 Å². The molecular formula is C8H15NO4S. The maximum Gasteiger partial charge on any atom is 0.307 e. The van der Waals surface area contributed by atoms with Crippen LogP contribution in [0.4, 0.5) is 0 Å². The number of rotatable bonds is 4. The fourth-order valence-corrected chi connectivity index (χ4v) is 3.09. The molecule has 1 heterocycles. The molecule has 1 atom stereocenters. The Labute approximate surface area is 83.8 Å². The summed E-state index contributed by atoms with van der Waals surface area (Å²) in [6.45, 7) is 2.34. The third-order valence-electron chi connectivity index (χ3n) is 2.47. The van der Waals surface area contributed by atoms with Gasteiger partial charge in [0.05, 0.1) is 11.7 Å². The molecule has 0 amide bonds. The number of hydrogen-bond donors (Lipinski definition) is 1. The van der Waals surface area contributed by atoms with Crippen molar-refractivity contribution in [3.05, 3.63) is 0 Å². The SMILES string of the molecule is CCC(CN1CCCS1(=O)=O)C(=O)O. The Morgan fingerprint density at radius 3 is 2.57 bits per heavy atom. The smallest absolute Gasteiger partial charge is 0.307 e. The molecular weight excluding hydrogens is 206 g/mol. The maximum atomic E-state index is 11.4. The second-order valence-electron chi connectivity index (χ2n) is 3.47. The highest BCUT2D eigenvalue weighted by Crippen LogP contribution is 2.16. The monoisotopic (exact) mass is 221 g/mol. The first-order valence-electron chi connectivity index (χ1n) is 4.68. The highest BCUT2D eigenvalue weighted by Gasteiger charge is 2.31. The number of nitrogens with zero attached hydrogens (tertiary/aromatic N) is 1. The van der Waals surface area contributed by atoms with Gasteiger partial charge in [-0.25, -0.2) is 12.7 Å². The molecule has 0 aliphatic carbocycles. The van der Waals surface area contributed by atoms with Crippen LogP contribution in [0.25, 0.3) is 0 Å². The Morgan fingerprint density at radius 1 is 1.57 bits per heavy atom. The molecule has 5 nitrogen and oxygen atoms in total. The molecule has 6 heteroatoms. The summed E-state index contributed by atoms with van der Waals surface area (Å²) in [6.07, 6.45) is 1.07. The van der Waals surface area contributed by atoms with Gasteiger partial charge in [0.25, 0.3) is 0 Å². The van der Waals surface area contributed by atoms with Gasteiger partial charge in [-0.2, -0.15) is 0 Å². The summed E-state index contributed by atoms with van der Waals surface area (Å²) in [5.74, 6) is -1.35. The van der Waals surface area contributed by atoms with Crippen LogP contribution in [0.15, 0.2) is 0 Å². The summed E-state index contributed by atoms with van der Waals surface area (Å²) < 4.78 is 24.0. The first kappa shape index (κ1) is 11.5. The summed E-state index contributed by atoms with van der Waals surface area (Å²) in [5, 5.41) is 8.78. The minimum atomic E-state index is -3.16. The van der Waals surface area contributed by atoms with Crippen LogP contribution in [0.1, 0.15) is 19.8 Å². The summed E-state index contributed by atoms with van der Waals surface area (Å²) in [5.41, 5.74) is 0. The Balaban J connectivity index is 2.63. The van der Waals surface area contributed by atoms with Crippen LogP contribution < -0.4 is 0 Å². The Hall–Kier alpha value is -0.620. The minimum absolute atomic E-state index is 0.119. The molecule has 1 N–H and O–H groups in total. The lowest BCUT2D eigenvalue weighted by Crippen LogP contribution is -2.34. The van der Waals surface area contributed by atoms with E-state index in [4.69, 9.17) is 5.11 Å². The molecule has 0 aromatic rings. The van der Waals surface area contributed by atoms with Gasteiger partial charge in [0.2, 0.25) is 10.0 Å². The largest absolute Gasteiger partial charge is 0.481 e. The van der Waals surface area contributed by atoms with Crippen molar-refractivity contribution in [2.45, 2.75) is 19.8 Å². The third kappa shape index (κ3) is 2.45. The average molecular weight is 221 g/mol. The van der Waals surface area contributed by atoms with E-state index in [1.54, 1.807) is 6.92 Å². The van der Waals surface area contributed by atoms with Gasteiger partial charge in [-0.05, 0) is 12.8 Å². The predicted octanol–water partition coefficient (Wildman–Crippen LogP) is 0.133. The van der Waals surface area contributed by atoms with Crippen LogP contribution in [0.3, 0.4) is 0 Å². The minimum Gasteiger partial charge on any atom is -0.481 e. The highest BCUT2D eigenvalue weighted by atomic mass is 32.2. The summed E-state index contributed by atoms with van der Waals surface area (Å²) >= 11 is 0. The van der Waals surface area contributed by atoms with E-state index in [9.17, 15) is 13.2 Å². The lowest BCUT2D eigenvalue weighted by Gasteiger charge is -2.18. The maximum absolute atomic E-state index is 11.4. The van der Waals surface area contributed by atoms with E-state index in [2.05, 4.69) is 0 Å². The van der Waals surface area contributed by atoms with E-state index in [0.29, 0.717) is 19.4 Å². The lowest BCUT2D eigenvalue weighted by atomic mass is 10.1. The standard InChI is InChI=1S/C8H15NO4S/c1-2-7(8(10)11)6-9-4-3-5-14(9,12)13/h7H,2-6H2,1H3,(H,10,11). The van der Waals surface area contributed by atoms with Crippen molar-refractivity contribution in [2.24, 2.45) is 5.92 Å². The van der Waals surface area contributed by atoms with Crippen molar-refractivity contribution in [2.75, 3.05) is 18.8 Å². The molecule has 0 radical (unpaired) electrons. The molecule has 1 fully saturated rings. The van der Waals surface area contributed by atoms with Crippen molar-refractivity contribution >= 4 is 16.0 Å². The number of carboxylic acids is 1. The highest BCUT2D eigenvalue weighted by molar-refractivity contribution is 7.89. The zero-order valence-corrected chi connectivity index (χ0v) is 8.96. The molecule has 1 aliphatic rings. The molecule has 0 saturated carbocycles. The number of sulfonamides is 1. The van der Waals surface area contributed by atoms with Crippen LogP contribution in [-0.2, 0) is 14.8 Å². The van der Waals surface area contributed by atoms with E-state index < -0.39 is 21.9 Å². The van der Waals surface area contributed by atoms with Gasteiger partial charge in [0.1, 0.15) is 0 Å². The van der Waals surface area contributed by atoms with Gasteiger partial charge >= 0.3 is 5.97 Å². The van der Waals surface area contributed by atoms with Crippen LogP contribution >= 0.6 is 0 Å². The van der Waals surface area contributed by atoms with E-state index in [0.717, 1.165) is 0 Å². The van der Waals surface area contributed by atoms with E-state index >= 15 is 0 Å². The first-order chi connectivity index (χ1) is 6.47. The summed E-state index contributed by atoms with van der Waals surface area (Å²) in [7, 11) is -3.16. The van der Waals surface area contributed by atoms with Crippen molar-refractivity contribution in [3.63, 3.8) is 0 Å². The first-order valence-corrected chi connectivity index (χ1v) is 6.29.